The molecular weight excluding hydrogens is 423 g/mol. The summed E-state index contributed by atoms with van der Waals surface area (Å²) in [6.07, 6.45) is 5.26. The van der Waals surface area contributed by atoms with Crippen molar-refractivity contribution in [1.82, 2.24) is 0 Å². The summed E-state index contributed by atoms with van der Waals surface area (Å²) >= 11 is 9.49. The maximum atomic E-state index is 6.12. The van der Waals surface area contributed by atoms with Gasteiger partial charge in [0.05, 0.1) is 25.9 Å². The maximum Gasteiger partial charge on any atom is 0.360 e. The molecule has 4 rings (SSSR count). The van der Waals surface area contributed by atoms with E-state index in [2.05, 4.69) is 41.7 Å². The standard InChI is InChI=1S/C19H17ClN2OS2.V/c1-4-12(9-17-21(2)13-7-5-6-8-14(13)23-17)10-18-22(3)19-15(24-18)11-16(20)25-19;/h6-11H,4H2,1-3H3;. The van der Waals surface area contributed by atoms with E-state index in [1.807, 2.05) is 31.3 Å². The van der Waals surface area contributed by atoms with Crippen molar-refractivity contribution in [2.75, 3.05) is 11.9 Å². The van der Waals surface area contributed by atoms with Crippen molar-refractivity contribution in [2.24, 2.45) is 7.05 Å². The van der Waals surface area contributed by atoms with Crippen molar-refractivity contribution in [1.29, 1.82) is 0 Å². The van der Waals surface area contributed by atoms with E-state index in [1.54, 1.807) is 23.1 Å². The zero-order valence-electron chi connectivity index (χ0n) is 14.6. The Balaban J connectivity index is 0.00000196. The third-order valence-electron chi connectivity index (χ3n) is 4.24. The van der Waals surface area contributed by atoms with Gasteiger partial charge in [0.2, 0.25) is 0 Å². The molecule has 133 valence electrons. The molecule has 0 spiro atoms. The van der Waals surface area contributed by atoms with Crippen LogP contribution in [0.15, 0.2) is 50.3 Å². The number of benzene rings is 1. The molecule has 0 atom stereocenters. The predicted octanol–water partition coefficient (Wildman–Crippen LogP) is 5.65. The molecule has 0 bridgehead atoms. The average Bonchev–Trinajstić information content (AvgIpc) is 3.21. The summed E-state index contributed by atoms with van der Waals surface area (Å²) in [6.45, 7) is 2.16. The molecular formula is C19H17ClN2OS2V. The summed E-state index contributed by atoms with van der Waals surface area (Å²) < 4.78 is 8.88. The van der Waals surface area contributed by atoms with Gasteiger partial charge in [0.25, 0.3) is 0 Å². The minimum Gasteiger partial charge on any atom is -0.426 e. The third kappa shape index (κ3) is 3.51. The molecule has 1 aliphatic heterocycles. The number of allylic oxidation sites excluding steroid dienone is 2. The monoisotopic (exact) mass is 439 g/mol. The zero-order chi connectivity index (χ0) is 17.6. The second kappa shape index (κ2) is 7.87. The summed E-state index contributed by atoms with van der Waals surface area (Å²) in [4.78, 5) is 3.43. The first-order valence-corrected chi connectivity index (χ1v) is 9.99. The van der Waals surface area contributed by atoms with Crippen LogP contribution < -0.4 is 9.47 Å². The average molecular weight is 440 g/mol. The molecule has 0 fully saturated rings. The molecule has 0 amide bonds. The van der Waals surface area contributed by atoms with E-state index < -0.39 is 0 Å². The van der Waals surface area contributed by atoms with E-state index in [-0.39, 0.29) is 18.6 Å². The van der Waals surface area contributed by atoms with Crippen molar-refractivity contribution < 1.29 is 27.5 Å². The first kappa shape index (κ1) is 19.7. The molecule has 3 heterocycles. The van der Waals surface area contributed by atoms with Crippen LogP contribution in [-0.2, 0) is 25.6 Å². The molecule has 2 aromatic heterocycles. The number of hydrogen-bond donors (Lipinski definition) is 0. The molecule has 0 unspecified atom stereocenters. The van der Waals surface area contributed by atoms with Gasteiger partial charge in [0, 0.05) is 25.6 Å². The molecule has 7 heteroatoms. The number of halogens is 1. The van der Waals surface area contributed by atoms with Gasteiger partial charge in [-0.05, 0) is 24.1 Å². The molecule has 0 saturated heterocycles. The molecule has 0 saturated carbocycles. The molecule has 3 aromatic rings. The van der Waals surface area contributed by atoms with E-state index in [9.17, 15) is 0 Å². The molecule has 1 aliphatic rings. The van der Waals surface area contributed by atoms with Crippen molar-refractivity contribution in [3.8, 4) is 0 Å². The van der Waals surface area contributed by atoms with Crippen LogP contribution in [0.3, 0.4) is 0 Å². The minimum absolute atomic E-state index is 0. The van der Waals surface area contributed by atoms with Gasteiger partial charge in [-0.3, -0.25) is 0 Å². The Kier molecular flexibility index (Phi) is 5.95. The number of aromatic nitrogens is 1. The fourth-order valence-corrected chi connectivity index (χ4v) is 5.39. The number of fused-ring (bicyclic) bond motifs is 2. The van der Waals surface area contributed by atoms with Crippen LogP contribution in [0.1, 0.15) is 19.2 Å². The Bertz CT molecular complexity index is 1020. The van der Waals surface area contributed by atoms with Crippen LogP contribution in [0.5, 0.6) is 0 Å². The van der Waals surface area contributed by atoms with Crippen molar-refractivity contribution in [2.45, 2.75) is 18.2 Å². The van der Waals surface area contributed by atoms with Gasteiger partial charge in [0.15, 0.2) is 0 Å². The van der Waals surface area contributed by atoms with E-state index in [0.29, 0.717) is 0 Å². The van der Waals surface area contributed by atoms with Crippen LogP contribution in [0.25, 0.3) is 17.2 Å². The Morgan fingerprint density at radius 1 is 1.46 bits per heavy atom. The van der Waals surface area contributed by atoms with Crippen LogP contribution >= 0.6 is 34.7 Å². The largest absolute Gasteiger partial charge is 0.426 e. The van der Waals surface area contributed by atoms with E-state index in [4.69, 9.17) is 16.0 Å². The Morgan fingerprint density at radius 2 is 2.27 bits per heavy atom. The molecule has 26 heavy (non-hydrogen) atoms. The molecule has 0 N–H and O–H groups in total. The second-order valence-corrected chi connectivity index (χ2v) is 8.55. The van der Waals surface area contributed by atoms with Gasteiger partial charge < -0.3 is 9.32 Å². The molecule has 0 aliphatic carbocycles. The topological polar surface area (TPSA) is 20.3 Å². The fourth-order valence-electron chi connectivity index (χ4n) is 2.80. The number of aryl methyl sites for hydroxylation is 1. The second-order valence-electron chi connectivity index (χ2n) is 5.83. The maximum absolute atomic E-state index is 6.12. The van der Waals surface area contributed by atoms with Gasteiger partial charge in [-0.25, -0.2) is 4.57 Å². The summed E-state index contributed by atoms with van der Waals surface area (Å²) in [6, 6.07) is 10.9. The Labute approximate surface area is 178 Å². The number of thioether (sulfide) groups is 1. The SMILES string of the molecule is CCC(=Cc1oc2cc[c-]cc2[n+]1C)C=C1Sc2cc(Cl)sc2N1C.[V]. The number of oxazole rings is 1. The van der Waals surface area contributed by atoms with Crippen molar-refractivity contribution in [3.05, 3.63) is 57.2 Å². The van der Waals surface area contributed by atoms with E-state index in [0.717, 1.165) is 27.7 Å². The van der Waals surface area contributed by atoms with Crippen LogP contribution in [-0.4, -0.2) is 7.05 Å². The minimum atomic E-state index is 0. The smallest absolute Gasteiger partial charge is 0.360 e. The number of hydrogen-bond acceptors (Lipinski definition) is 4. The van der Waals surface area contributed by atoms with Gasteiger partial charge in [-0.15, -0.1) is 23.5 Å². The number of anilines is 1. The molecule has 1 radical (unpaired) electrons. The Morgan fingerprint density at radius 3 is 2.96 bits per heavy atom. The van der Waals surface area contributed by atoms with E-state index >= 15 is 0 Å². The third-order valence-corrected chi connectivity index (χ3v) is 6.84. The number of thiophene rings is 1. The summed E-state index contributed by atoms with van der Waals surface area (Å²) in [5.41, 5.74) is 3.13. The normalized spacial score (nSPS) is 15.6. The Hall–Kier alpha value is -1.11. The quantitative estimate of drug-likeness (QED) is 0.388. The fraction of sp³-hybridized carbons (Fsp3) is 0.211. The number of nitrogens with zero attached hydrogens (tertiary/aromatic N) is 2. The molecule has 1 aromatic carbocycles. The predicted molar refractivity (Wildman–Crippen MR) is 106 cm³/mol. The zero-order valence-corrected chi connectivity index (χ0v) is 18.4. The van der Waals surface area contributed by atoms with Crippen LogP contribution in [0, 0.1) is 6.07 Å². The van der Waals surface area contributed by atoms with Gasteiger partial charge >= 0.3 is 5.89 Å². The molecule has 3 nitrogen and oxygen atoms in total. The van der Waals surface area contributed by atoms with Crippen LogP contribution in [0.2, 0.25) is 4.34 Å². The van der Waals surface area contributed by atoms with Gasteiger partial charge in [0.1, 0.15) is 17.6 Å². The summed E-state index contributed by atoms with van der Waals surface area (Å²) in [7, 11) is 4.10. The van der Waals surface area contributed by atoms with Gasteiger partial charge in [-0.2, -0.15) is 12.1 Å². The summed E-state index contributed by atoms with van der Waals surface area (Å²) in [5.74, 6) is 0.840. The number of rotatable bonds is 3. The van der Waals surface area contributed by atoms with Crippen molar-refractivity contribution in [3.63, 3.8) is 0 Å². The first-order valence-electron chi connectivity index (χ1n) is 7.98. The first-order chi connectivity index (χ1) is 12.1. The van der Waals surface area contributed by atoms with Gasteiger partial charge in [-0.1, -0.05) is 30.3 Å². The summed E-state index contributed by atoms with van der Waals surface area (Å²) in [5, 5.41) is 2.42. The van der Waals surface area contributed by atoms with E-state index in [1.165, 1.54) is 20.5 Å². The van der Waals surface area contributed by atoms with Crippen molar-refractivity contribution >= 4 is 56.9 Å². The van der Waals surface area contributed by atoms with Crippen LogP contribution in [0.4, 0.5) is 5.00 Å².